The standard InChI is InChI=1S/C17H13Cl2NO3/c1-10-4-2-3-5-14(10)23-7-6-20-15-12(16(21)17(20)22)8-11(18)9-13(15)19/h2-5,8-9H,6-7H2,1H3. The van der Waals surface area contributed by atoms with Crippen LogP contribution in [-0.2, 0) is 4.79 Å². The molecule has 1 aliphatic heterocycles. The molecule has 0 aromatic heterocycles. The molecule has 0 spiro atoms. The van der Waals surface area contributed by atoms with E-state index in [1.54, 1.807) is 0 Å². The van der Waals surface area contributed by atoms with E-state index in [-0.39, 0.29) is 23.7 Å². The van der Waals surface area contributed by atoms with E-state index in [0.717, 1.165) is 11.3 Å². The second-order valence-corrected chi connectivity index (χ2v) is 6.03. The van der Waals surface area contributed by atoms with Crippen molar-refractivity contribution in [1.29, 1.82) is 0 Å². The third kappa shape index (κ3) is 2.92. The molecule has 0 aliphatic carbocycles. The zero-order valence-corrected chi connectivity index (χ0v) is 13.8. The van der Waals surface area contributed by atoms with Gasteiger partial charge >= 0.3 is 0 Å². The van der Waals surface area contributed by atoms with Crippen molar-refractivity contribution >= 4 is 40.6 Å². The van der Waals surface area contributed by atoms with E-state index < -0.39 is 11.7 Å². The second-order valence-electron chi connectivity index (χ2n) is 5.18. The minimum atomic E-state index is -0.613. The highest BCUT2D eigenvalue weighted by Gasteiger charge is 2.37. The largest absolute Gasteiger partial charge is 0.491 e. The zero-order chi connectivity index (χ0) is 16.6. The Labute approximate surface area is 143 Å². The van der Waals surface area contributed by atoms with Gasteiger partial charge in [0.15, 0.2) is 0 Å². The molecule has 23 heavy (non-hydrogen) atoms. The molecule has 1 amide bonds. The van der Waals surface area contributed by atoms with Gasteiger partial charge < -0.3 is 4.74 Å². The number of hydrogen-bond donors (Lipinski definition) is 0. The number of amides is 1. The number of nitrogens with zero attached hydrogens (tertiary/aromatic N) is 1. The molecule has 0 atom stereocenters. The number of ether oxygens (including phenoxy) is 1. The predicted molar refractivity (Wildman–Crippen MR) is 89.8 cm³/mol. The number of hydrogen-bond acceptors (Lipinski definition) is 3. The number of carbonyl (C=O) groups excluding carboxylic acids is 2. The number of para-hydroxylation sites is 1. The van der Waals surface area contributed by atoms with E-state index >= 15 is 0 Å². The van der Waals surface area contributed by atoms with Crippen LogP contribution in [0.3, 0.4) is 0 Å². The fraction of sp³-hybridized carbons (Fsp3) is 0.176. The van der Waals surface area contributed by atoms with Crippen LogP contribution in [0.1, 0.15) is 15.9 Å². The van der Waals surface area contributed by atoms with Gasteiger partial charge in [-0.1, -0.05) is 41.4 Å². The van der Waals surface area contributed by atoms with E-state index in [0.29, 0.717) is 10.7 Å². The average Bonchev–Trinajstić information content (AvgIpc) is 2.74. The second kappa shape index (κ2) is 6.22. The van der Waals surface area contributed by atoms with E-state index in [1.807, 2.05) is 31.2 Å². The van der Waals surface area contributed by atoms with Gasteiger partial charge in [-0.2, -0.15) is 0 Å². The number of benzene rings is 2. The molecule has 1 heterocycles. The fourth-order valence-corrected chi connectivity index (χ4v) is 3.13. The summed E-state index contributed by atoms with van der Waals surface area (Å²) < 4.78 is 5.69. The van der Waals surface area contributed by atoms with Gasteiger partial charge in [0.05, 0.1) is 22.8 Å². The van der Waals surface area contributed by atoms with Gasteiger partial charge in [0, 0.05) is 5.02 Å². The van der Waals surface area contributed by atoms with Crippen LogP contribution in [0.2, 0.25) is 10.0 Å². The molecule has 118 valence electrons. The lowest BCUT2D eigenvalue weighted by atomic mass is 10.1. The Morgan fingerprint density at radius 2 is 1.87 bits per heavy atom. The minimum Gasteiger partial charge on any atom is -0.491 e. The van der Waals surface area contributed by atoms with Crippen molar-refractivity contribution in [3.8, 4) is 5.75 Å². The van der Waals surface area contributed by atoms with Crippen molar-refractivity contribution in [2.75, 3.05) is 18.1 Å². The van der Waals surface area contributed by atoms with Crippen LogP contribution >= 0.6 is 23.2 Å². The van der Waals surface area contributed by atoms with E-state index in [9.17, 15) is 9.59 Å². The Hall–Kier alpha value is -2.04. The summed E-state index contributed by atoms with van der Waals surface area (Å²) in [5.74, 6) is -0.467. The van der Waals surface area contributed by atoms with Crippen LogP contribution < -0.4 is 9.64 Å². The zero-order valence-electron chi connectivity index (χ0n) is 12.3. The molecule has 0 saturated carbocycles. The van der Waals surface area contributed by atoms with Crippen molar-refractivity contribution in [1.82, 2.24) is 0 Å². The van der Waals surface area contributed by atoms with E-state index in [1.165, 1.54) is 17.0 Å². The lowest BCUT2D eigenvalue weighted by Crippen LogP contribution is -2.33. The Bertz CT molecular complexity index is 804. The van der Waals surface area contributed by atoms with Crippen LogP contribution in [0, 0.1) is 6.92 Å². The fourth-order valence-electron chi connectivity index (χ4n) is 2.53. The van der Waals surface area contributed by atoms with Crippen molar-refractivity contribution < 1.29 is 14.3 Å². The molecule has 1 aliphatic rings. The third-order valence-corrected chi connectivity index (χ3v) is 4.15. The molecule has 6 heteroatoms. The molecule has 0 bridgehead atoms. The Morgan fingerprint density at radius 3 is 2.61 bits per heavy atom. The highest BCUT2D eigenvalue weighted by molar-refractivity contribution is 6.54. The topological polar surface area (TPSA) is 46.6 Å². The minimum absolute atomic E-state index is 0.229. The Kier molecular flexibility index (Phi) is 4.28. The molecule has 0 N–H and O–H groups in total. The summed E-state index contributed by atoms with van der Waals surface area (Å²) in [5.41, 5.74) is 1.64. The molecular weight excluding hydrogens is 337 g/mol. The average molecular weight is 350 g/mol. The number of ketones is 1. The first-order valence-corrected chi connectivity index (χ1v) is 7.78. The molecule has 4 nitrogen and oxygen atoms in total. The van der Waals surface area contributed by atoms with Crippen LogP contribution in [0.15, 0.2) is 36.4 Å². The summed E-state index contributed by atoms with van der Waals surface area (Å²) in [4.78, 5) is 25.5. The number of anilines is 1. The molecule has 0 radical (unpaired) electrons. The number of fused-ring (bicyclic) bond motifs is 1. The van der Waals surface area contributed by atoms with Crippen LogP contribution in [0.5, 0.6) is 5.75 Å². The molecule has 0 saturated heterocycles. The SMILES string of the molecule is Cc1ccccc1OCCN1C(=O)C(=O)c2cc(Cl)cc(Cl)c21. The predicted octanol–water partition coefficient (Wildman–Crippen LogP) is 3.91. The van der Waals surface area contributed by atoms with Gasteiger partial charge in [0.2, 0.25) is 0 Å². The number of carbonyl (C=O) groups is 2. The molecule has 2 aromatic rings. The highest BCUT2D eigenvalue weighted by atomic mass is 35.5. The van der Waals surface area contributed by atoms with Crippen LogP contribution in [-0.4, -0.2) is 24.8 Å². The van der Waals surface area contributed by atoms with Crippen LogP contribution in [0.4, 0.5) is 5.69 Å². The van der Waals surface area contributed by atoms with Crippen molar-refractivity contribution in [2.45, 2.75) is 6.92 Å². The molecule has 0 fully saturated rings. The summed E-state index contributed by atoms with van der Waals surface area (Å²) in [7, 11) is 0. The van der Waals surface area contributed by atoms with Crippen molar-refractivity contribution in [2.24, 2.45) is 0 Å². The number of Topliss-reactive ketones (excluding diaryl/α,β-unsaturated/α-hetero) is 1. The third-order valence-electron chi connectivity index (χ3n) is 3.65. The lowest BCUT2D eigenvalue weighted by Gasteiger charge is -2.18. The Balaban J connectivity index is 1.78. The lowest BCUT2D eigenvalue weighted by molar-refractivity contribution is -0.114. The van der Waals surface area contributed by atoms with Gasteiger partial charge in [-0.15, -0.1) is 0 Å². The number of aryl methyl sites for hydroxylation is 1. The maximum Gasteiger partial charge on any atom is 0.299 e. The van der Waals surface area contributed by atoms with Gasteiger partial charge in [0.25, 0.3) is 11.7 Å². The monoisotopic (exact) mass is 349 g/mol. The first-order chi connectivity index (χ1) is 11.0. The van der Waals surface area contributed by atoms with Crippen molar-refractivity contribution in [3.05, 3.63) is 57.6 Å². The van der Waals surface area contributed by atoms with Gasteiger partial charge in [0.1, 0.15) is 12.4 Å². The quantitative estimate of drug-likeness (QED) is 0.786. The maximum absolute atomic E-state index is 12.2. The normalized spacial score (nSPS) is 13.4. The van der Waals surface area contributed by atoms with Crippen LogP contribution in [0.25, 0.3) is 0 Å². The maximum atomic E-state index is 12.2. The number of halogens is 2. The van der Waals surface area contributed by atoms with Crippen molar-refractivity contribution in [3.63, 3.8) is 0 Å². The van der Waals surface area contributed by atoms with Gasteiger partial charge in [-0.3, -0.25) is 14.5 Å². The number of rotatable bonds is 4. The molecule has 2 aromatic carbocycles. The summed E-state index contributed by atoms with van der Waals surface area (Å²) in [5, 5.41) is 0.607. The highest BCUT2D eigenvalue weighted by Crippen LogP contribution is 2.38. The summed E-state index contributed by atoms with van der Waals surface area (Å²) in [6.07, 6.45) is 0. The smallest absolute Gasteiger partial charge is 0.299 e. The summed E-state index contributed by atoms with van der Waals surface area (Å²) >= 11 is 12.1. The van der Waals surface area contributed by atoms with E-state index in [4.69, 9.17) is 27.9 Å². The molecular formula is C17H13Cl2NO3. The van der Waals surface area contributed by atoms with Gasteiger partial charge in [-0.25, -0.2) is 0 Å². The van der Waals surface area contributed by atoms with Gasteiger partial charge in [-0.05, 0) is 30.7 Å². The summed E-state index contributed by atoms with van der Waals surface area (Å²) in [6.45, 7) is 2.42. The first-order valence-electron chi connectivity index (χ1n) is 7.02. The molecule has 3 rings (SSSR count). The first kappa shape index (κ1) is 15.8. The van der Waals surface area contributed by atoms with E-state index in [2.05, 4.69) is 0 Å². The Morgan fingerprint density at radius 1 is 1.13 bits per heavy atom. The molecule has 0 unspecified atom stereocenters. The summed E-state index contributed by atoms with van der Waals surface area (Å²) in [6, 6.07) is 10.6.